The van der Waals surface area contributed by atoms with Gasteiger partial charge in [-0.1, -0.05) is 12.2 Å². The van der Waals surface area contributed by atoms with Gasteiger partial charge >= 0.3 is 0 Å². The molecule has 3 unspecified atom stereocenters. The largest absolute Gasteiger partial charge is 0.381 e. The van der Waals surface area contributed by atoms with Crippen molar-refractivity contribution in [2.24, 2.45) is 44.6 Å². The lowest BCUT2D eigenvalue weighted by atomic mass is 9.71. The number of aliphatic imine (C=N–C) groups is 3. The summed E-state index contributed by atoms with van der Waals surface area (Å²) in [5, 5.41) is 7.26. The molecule has 3 N–H and O–H groups in total. The SMILES string of the molecule is COC1C[C@@H]2C(=C[C@H]1[C@@H]1C(C)ON[C@@H]1C)NC1=NCNC([C@H]3C=CN=C4C=CN=CC43)=C12. The van der Waals surface area contributed by atoms with E-state index in [2.05, 4.69) is 52.1 Å². The molecule has 0 aromatic carbocycles. The van der Waals surface area contributed by atoms with Crippen molar-refractivity contribution >= 4 is 17.8 Å². The summed E-state index contributed by atoms with van der Waals surface area (Å²) in [6.45, 7) is 4.91. The van der Waals surface area contributed by atoms with Crippen molar-refractivity contribution in [3.8, 4) is 0 Å². The molecule has 32 heavy (non-hydrogen) atoms. The number of hydrogen-bond donors (Lipinski definition) is 3. The zero-order valence-electron chi connectivity index (χ0n) is 18.7. The van der Waals surface area contributed by atoms with E-state index in [-0.39, 0.29) is 41.9 Å². The van der Waals surface area contributed by atoms with Crippen molar-refractivity contribution in [1.82, 2.24) is 16.1 Å². The first-order chi connectivity index (χ1) is 15.7. The number of allylic oxidation sites excluding steroid dienone is 3. The minimum absolute atomic E-state index is 0.122. The van der Waals surface area contributed by atoms with Crippen LogP contribution in [0.5, 0.6) is 0 Å². The van der Waals surface area contributed by atoms with E-state index in [1.54, 1.807) is 0 Å². The molecule has 0 bridgehead atoms. The van der Waals surface area contributed by atoms with Gasteiger partial charge in [0.2, 0.25) is 0 Å². The highest BCUT2D eigenvalue weighted by molar-refractivity contribution is 6.09. The quantitative estimate of drug-likeness (QED) is 0.633. The third-order valence-electron chi connectivity index (χ3n) is 7.77. The van der Waals surface area contributed by atoms with Crippen LogP contribution in [-0.4, -0.2) is 49.8 Å². The third kappa shape index (κ3) is 3.04. The van der Waals surface area contributed by atoms with Gasteiger partial charge in [-0.05, 0) is 26.3 Å². The third-order valence-corrected chi connectivity index (χ3v) is 7.77. The van der Waals surface area contributed by atoms with Crippen LogP contribution in [0.25, 0.3) is 0 Å². The van der Waals surface area contributed by atoms with Crippen LogP contribution in [0.2, 0.25) is 0 Å². The van der Waals surface area contributed by atoms with Gasteiger partial charge < -0.3 is 15.4 Å². The summed E-state index contributed by atoms with van der Waals surface area (Å²) in [6.07, 6.45) is 13.5. The Labute approximate surface area is 188 Å². The molecular weight excluding hydrogens is 404 g/mol. The maximum Gasteiger partial charge on any atom is 0.132 e. The maximum absolute atomic E-state index is 6.07. The highest BCUT2D eigenvalue weighted by atomic mass is 16.7. The number of amidine groups is 1. The number of nitrogens with zero attached hydrogens (tertiary/aromatic N) is 3. The summed E-state index contributed by atoms with van der Waals surface area (Å²) in [4.78, 5) is 19.5. The van der Waals surface area contributed by atoms with E-state index in [0.717, 1.165) is 18.0 Å². The lowest BCUT2D eigenvalue weighted by Crippen LogP contribution is -2.41. The van der Waals surface area contributed by atoms with Crippen LogP contribution in [0.3, 0.4) is 0 Å². The van der Waals surface area contributed by atoms with Gasteiger partial charge in [0.1, 0.15) is 12.5 Å². The highest BCUT2D eigenvalue weighted by Gasteiger charge is 2.48. The molecule has 2 fully saturated rings. The number of methoxy groups -OCH3 is 1. The fourth-order valence-electron chi connectivity index (χ4n) is 6.26. The Balaban J connectivity index is 1.38. The molecule has 5 aliphatic heterocycles. The fraction of sp³-hybridized carbons (Fsp3) is 0.542. The summed E-state index contributed by atoms with van der Waals surface area (Å²) in [6, 6.07) is 0.280. The first kappa shape index (κ1) is 20.1. The van der Waals surface area contributed by atoms with Gasteiger partial charge in [-0.3, -0.25) is 14.8 Å². The molecule has 8 heteroatoms. The van der Waals surface area contributed by atoms with Gasteiger partial charge in [0, 0.05) is 78.3 Å². The molecule has 1 aliphatic carbocycles. The molecule has 0 amide bonds. The Bertz CT molecular complexity index is 1010. The van der Waals surface area contributed by atoms with Crippen LogP contribution in [-0.2, 0) is 9.57 Å². The Morgan fingerprint density at radius 1 is 1.19 bits per heavy atom. The second-order valence-electron chi connectivity index (χ2n) is 9.42. The normalized spacial score (nSPS) is 41.8. The predicted octanol–water partition coefficient (Wildman–Crippen LogP) is 2.06. The molecule has 0 radical (unpaired) electrons. The van der Waals surface area contributed by atoms with E-state index >= 15 is 0 Å². The van der Waals surface area contributed by atoms with Gasteiger partial charge in [-0.15, -0.1) is 0 Å². The molecular formula is C24H30N6O2. The Morgan fingerprint density at radius 2 is 2.09 bits per heavy atom. The molecule has 0 spiro atoms. The second kappa shape index (κ2) is 7.79. The van der Waals surface area contributed by atoms with E-state index in [9.17, 15) is 0 Å². The van der Waals surface area contributed by atoms with Crippen LogP contribution >= 0.6 is 0 Å². The minimum Gasteiger partial charge on any atom is -0.381 e. The number of hydroxylamine groups is 1. The second-order valence-corrected chi connectivity index (χ2v) is 9.42. The van der Waals surface area contributed by atoms with E-state index in [1.165, 1.54) is 17.0 Å². The number of fused-ring (bicyclic) bond motifs is 4. The minimum atomic E-state index is 0.122. The number of rotatable bonds is 3. The van der Waals surface area contributed by atoms with Crippen LogP contribution in [0.4, 0.5) is 0 Å². The Morgan fingerprint density at radius 3 is 2.91 bits per heavy atom. The molecule has 6 rings (SSSR count). The van der Waals surface area contributed by atoms with Gasteiger partial charge in [0.05, 0.1) is 17.9 Å². The Kier molecular flexibility index (Phi) is 4.89. The lowest BCUT2D eigenvalue weighted by molar-refractivity contribution is -0.00353. The van der Waals surface area contributed by atoms with E-state index < -0.39 is 0 Å². The summed E-state index contributed by atoms with van der Waals surface area (Å²) in [5.74, 6) is 2.19. The zero-order chi connectivity index (χ0) is 21.8. The first-order valence-corrected chi connectivity index (χ1v) is 11.6. The first-order valence-electron chi connectivity index (χ1n) is 11.6. The van der Waals surface area contributed by atoms with Crippen LogP contribution in [0.15, 0.2) is 62.6 Å². The molecule has 6 aliphatic rings. The average Bonchev–Trinajstić information content (AvgIpc) is 3.36. The number of ether oxygens (including phenoxy) is 1. The molecule has 168 valence electrons. The van der Waals surface area contributed by atoms with Gasteiger partial charge in [0.15, 0.2) is 0 Å². The summed E-state index contributed by atoms with van der Waals surface area (Å²) in [7, 11) is 1.83. The number of hydrogen-bond acceptors (Lipinski definition) is 8. The van der Waals surface area contributed by atoms with Crippen molar-refractivity contribution in [3.63, 3.8) is 0 Å². The van der Waals surface area contributed by atoms with Crippen molar-refractivity contribution < 1.29 is 9.57 Å². The molecule has 0 aromatic rings. The molecule has 0 saturated carbocycles. The maximum atomic E-state index is 6.07. The average molecular weight is 435 g/mol. The lowest BCUT2D eigenvalue weighted by Gasteiger charge is -2.38. The summed E-state index contributed by atoms with van der Waals surface area (Å²) in [5.41, 5.74) is 7.96. The smallest absolute Gasteiger partial charge is 0.132 e. The van der Waals surface area contributed by atoms with Crippen molar-refractivity contribution in [1.29, 1.82) is 0 Å². The van der Waals surface area contributed by atoms with Crippen molar-refractivity contribution in [2.45, 2.75) is 38.5 Å². The highest BCUT2D eigenvalue weighted by Crippen LogP contribution is 2.45. The van der Waals surface area contributed by atoms with E-state index in [0.29, 0.717) is 12.6 Å². The summed E-state index contributed by atoms with van der Waals surface area (Å²) < 4.78 is 6.07. The van der Waals surface area contributed by atoms with E-state index in [1.807, 2.05) is 31.8 Å². The molecule has 0 aromatic heterocycles. The summed E-state index contributed by atoms with van der Waals surface area (Å²) >= 11 is 0. The fourth-order valence-corrected chi connectivity index (χ4v) is 6.26. The molecule has 2 saturated heterocycles. The van der Waals surface area contributed by atoms with E-state index in [4.69, 9.17) is 14.6 Å². The number of nitrogens with one attached hydrogen (secondary N) is 3. The molecule has 5 heterocycles. The topological polar surface area (TPSA) is 91.6 Å². The van der Waals surface area contributed by atoms with Gasteiger partial charge in [0.25, 0.3) is 0 Å². The van der Waals surface area contributed by atoms with Gasteiger partial charge in [-0.2, -0.15) is 5.48 Å². The zero-order valence-corrected chi connectivity index (χ0v) is 18.7. The standard InChI is InChI=1S/C24H30N6O2/c1-12-21(13(2)32-30-12)16-8-19-15(9-20(16)31-3)22-23(27-11-28-24(22)29-19)14-4-7-26-18-5-6-25-10-17(14)18/h4-8,10,12-17,20-21,27,30H,9,11H2,1-3H3,(H,28,29)/t12-,13?,14+,15-,16-,17?,20?,21+/m1/s1. The molecule has 8 nitrogen and oxygen atoms in total. The van der Waals surface area contributed by atoms with Gasteiger partial charge in [-0.25, -0.2) is 4.99 Å². The van der Waals surface area contributed by atoms with Crippen molar-refractivity contribution in [3.05, 3.63) is 47.6 Å². The van der Waals surface area contributed by atoms with Crippen molar-refractivity contribution in [2.75, 3.05) is 13.8 Å². The Hall–Kier alpha value is -2.55. The molecule has 8 atom stereocenters. The van der Waals surface area contributed by atoms with Crippen LogP contribution in [0, 0.1) is 29.6 Å². The van der Waals surface area contributed by atoms with Crippen LogP contribution < -0.4 is 16.1 Å². The van der Waals surface area contributed by atoms with Crippen LogP contribution in [0.1, 0.15) is 20.3 Å². The monoisotopic (exact) mass is 434 g/mol. The predicted molar refractivity (Wildman–Crippen MR) is 124 cm³/mol.